The number of allylic oxidation sites excluding steroid dienone is 3. The van der Waals surface area contributed by atoms with Gasteiger partial charge in [-0.25, -0.2) is 0 Å². The molecule has 6 saturated heterocycles. The maximum atomic E-state index is 12.2. The number of ether oxygens (including phenoxy) is 9. The maximum absolute atomic E-state index is 12.2. The van der Waals surface area contributed by atoms with Crippen molar-refractivity contribution >= 4 is 17.3 Å². The predicted molar refractivity (Wildman–Crippen MR) is 237 cm³/mol. The van der Waals surface area contributed by atoms with Crippen LogP contribution in [-0.2, 0) is 57.0 Å². The fourth-order valence-electron chi connectivity index (χ4n) is 10.6. The summed E-state index contributed by atoms with van der Waals surface area (Å²) in [6.07, 6.45) is 16.7. The van der Waals surface area contributed by atoms with Crippen LogP contribution in [-0.4, -0.2) is 129 Å². The average molecular weight is 869 g/mol. The van der Waals surface area contributed by atoms with Crippen LogP contribution in [0.2, 0.25) is 0 Å². The summed E-state index contributed by atoms with van der Waals surface area (Å²) in [5.74, 6) is 0.113. The molecule has 0 aromatic heterocycles. The highest BCUT2D eigenvalue weighted by atomic mass is 16.6. The Labute approximate surface area is 371 Å². The molecule has 1 saturated carbocycles. The van der Waals surface area contributed by atoms with Crippen LogP contribution in [0.1, 0.15) is 109 Å². The first-order valence-electron chi connectivity index (χ1n) is 21.7. The molecule has 7 fully saturated rings. The minimum absolute atomic E-state index is 0. The number of hydrogen-bond donors (Lipinski definition) is 0. The molecule has 0 amide bonds. The lowest BCUT2D eigenvalue weighted by molar-refractivity contribution is -0.142. The Morgan fingerprint density at radius 1 is 0.581 bits per heavy atom. The van der Waals surface area contributed by atoms with Crippen molar-refractivity contribution in [2.75, 3.05) is 41.2 Å². The Balaban J connectivity index is 0.000000173. The summed E-state index contributed by atoms with van der Waals surface area (Å²) in [6, 6.07) is 0. The molecule has 3 spiro atoms. The van der Waals surface area contributed by atoms with E-state index in [9.17, 15) is 14.4 Å². The lowest BCUT2D eigenvalue weighted by atomic mass is 9.69. The summed E-state index contributed by atoms with van der Waals surface area (Å²) in [6.45, 7) is 20.8. The molecule has 0 aromatic rings. The number of epoxide rings is 6. The van der Waals surface area contributed by atoms with Crippen molar-refractivity contribution in [1.82, 2.24) is 0 Å². The monoisotopic (exact) mass is 869 g/mol. The Hall–Kier alpha value is -2.65. The molecule has 12 heteroatoms. The van der Waals surface area contributed by atoms with E-state index < -0.39 is 12.2 Å². The van der Waals surface area contributed by atoms with Crippen LogP contribution in [0.4, 0.5) is 0 Å². The molecule has 9 rings (SSSR count). The number of carbonyl (C=O) groups is 3. The standard InChI is InChI=1S/C16H24O4.2C16H22O4.2CH4/c3*1-10(2)5-6-12-15(3,20-12)14-13(18-4)11(17)7-8-16(14)9-19-16;;/h5,12-14H,6-9H2,1-4H3;2*5,7-8,12-14H,6,9H2,1-4H3;2*1H4/t2*12-,13-,14?,15+,16+;12-,13-,14-,15+,16+;;/m111../s1. The number of hydrogen-bond acceptors (Lipinski definition) is 12. The van der Waals surface area contributed by atoms with Crippen molar-refractivity contribution < 1.29 is 57.0 Å². The van der Waals surface area contributed by atoms with E-state index in [-0.39, 0.29) is 108 Å². The van der Waals surface area contributed by atoms with Gasteiger partial charge in [0.05, 0.1) is 55.9 Å². The normalized spacial score (nSPS) is 44.4. The van der Waals surface area contributed by atoms with E-state index in [0.717, 1.165) is 32.3 Å². The van der Waals surface area contributed by atoms with Crippen LogP contribution >= 0.6 is 0 Å². The highest BCUT2D eigenvalue weighted by Crippen LogP contribution is 2.60. The molecule has 9 aliphatic rings. The van der Waals surface area contributed by atoms with Gasteiger partial charge >= 0.3 is 0 Å². The van der Waals surface area contributed by atoms with Gasteiger partial charge in [-0.2, -0.15) is 0 Å². The summed E-state index contributed by atoms with van der Waals surface area (Å²) in [5.41, 5.74) is 1.98. The highest BCUT2D eigenvalue weighted by molar-refractivity contribution is 5.96. The number of rotatable bonds is 12. The largest absolute Gasteiger partial charge is 0.373 e. The van der Waals surface area contributed by atoms with Crippen LogP contribution in [0.15, 0.2) is 59.3 Å². The van der Waals surface area contributed by atoms with E-state index in [2.05, 4.69) is 80.5 Å². The fraction of sp³-hybridized carbons (Fsp3) is 0.740. The van der Waals surface area contributed by atoms with Gasteiger partial charge in [0.2, 0.25) is 0 Å². The molecular formula is C50H76O12. The van der Waals surface area contributed by atoms with E-state index in [1.807, 2.05) is 12.2 Å². The van der Waals surface area contributed by atoms with Gasteiger partial charge in [0.1, 0.15) is 51.9 Å². The van der Waals surface area contributed by atoms with Crippen molar-refractivity contribution in [3.63, 3.8) is 0 Å². The third kappa shape index (κ3) is 9.51. The minimum atomic E-state index is -0.468. The first-order valence-corrected chi connectivity index (χ1v) is 21.7. The van der Waals surface area contributed by atoms with Gasteiger partial charge in [0.25, 0.3) is 0 Å². The van der Waals surface area contributed by atoms with Crippen molar-refractivity contribution in [2.24, 2.45) is 17.8 Å². The smallest absolute Gasteiger partial charge is 0.184 e. The van der Waals surface area contributed by atoms with Crippen LogP contribution in [0, 0.1) is 17.8 Å². The van der Waals surface area contributed by atoms with E-state index in [0.29, 0.717) is 19.6 Å². The fourth-order valence-corrected chi connectivity index (χ4v) is 10.6. The molecule has 348 valence electrons. The highest BCUT2D eigenvalue weighted by Gasteiger charge is 2.73. The van der Waals surface area contributed by atoms with E-state index >= 15 is 0 Å². The molecule has 62 heavy (non-hydrogen) atoms. The van der Waals surface area contributed by atoms with Crippen molar-refractivity contribution in [3.8, 4) is 0 Å². The molecule has 6 aliphatic heterocycles. The van der Waals surface area contributed by atoms with Crippen molar-refractivity contribution in [2.45, 2.75) is 180 Å². The van der Waals surface area contributed by atoms with E-state index in [1.54, 1.807) is 33.5 Å². The first kappa shape index (κ1) is 50.4. The molecule has 0 N–H and O–H groups in total. The molecule has 6 heterocycles. The Morgan fingerprint density at radius 3 is 1.21 bits per heavy atom. The maximum Gasteiger partial charge on any atom is 0.184 e. The first-order chi connectivity index (χ1) is 28.3. The van der Waals surface area contributed by atoms with Crippen molar-refractivity contribution in [3.05, 3.63) is 59.3 Å². The molecule has 3 aliphatic carbocycles. The second kappa shape index (κ2) is 18.3. The van der Waals surface area contributed by atoms with Crippen LogP contribution < -0.4 is 0 Å². The van der Waals surface area contributed by atoms with Gasteiger partial charge in [-0.1, -0.05) is 49.8 Å². The molecular weight excluding hydrogens is 793 g/mol. The van der Waals surface area contributed by atoms with Crippen LogP contribution in [0.5, 0.6) is 0 Å². The Morgan fingerprint density at radius 2 is 0.919 bits per heavy atom. The number of carbonyl (C=O) groups excluding carboxylic acids is 3. The molecule has 0 radical (unpaired) electrons. The zero-order valence-electron chi connectivity index (χ0n) is 37.8. The molecule has 0 bridgehead atoms. The van der Waals surface area contributed by atoms with Gasteiger partial charge in [0, 0.05) is 27.8 Å². The summed E-state index contributed by atoms with van der Waals surface area (Å²) in [5, 5.41) is 0. The summed E-state index contributed by atoms with van der Waals surface area (Å²) in [7, 11) is 4.79. The average Bonchev–Trinajstić information content (AvgIpc) is 3.93. The lowest BCUT2D eigenvalue weighted by Gasteiger charge is -2.37. The van der Waals surface area contributed by atoms with Gasteiger partial charge < -0.3 is 42.6 Å². The zero-order valence-corrected chi connectivity index (χ0v) is 37.8. The van der Waals surface area contributed by atoms with Gasteiger partial charge in [0.15, 0.2) is 17.3 Å². The SMILES string of the molecule is C.C.CO[C@@H]1C(=O)C=C[C@]2(CO2)C1[C@@]1(C)O[C@@H]1CC=C(C)C.CO[C@@H]1C(=O)C=C[C@]2(CO2)[C@H]1[C@@]1(C)O[C@@H]1CC=C(C)C.CO[C@@H]1C(=O)CC[C@]2(CO2)C1[C@@]1(C)O[C@@H]1CC=C(C)C. The summed E-state index contributed by atoms with van der Waals surface area (Å²) in [4.78, 5) is 36.3. The third-order valence-corrected chi connectivity index (χ3v) is 14.5. The van der Waals surface area contributed by atoms with E-state index in [1.165, 1.54) is 16.7 Å². The van der Waals surface area contributed by atoms with Gasteiger partial charge in [-0.3, -0.25) is 14.4 Å². The number of ketones is 3. The van der Waals surface area contributed by atoms with Gasteiger partial charge in [-0.05, 0) is 112 Å². The summed E-state index contributed by atoms with van der Waals surface area (Å²) >= 11 is 0. The predicted octanol–water partition coefficient (Wildman–Crippen LogP) is 7.61. The number of methoxy groups -OCH3 is 3. The van der Waals surface area contributed by atoms with Crippen LogP contribution in [0.25, 0.3) is 0 Å². The van der Waals surface area contributed by atoms with Crippen molar-refractivity contribution in [1.29, 1.82) is 0 Å². The minimum Gasteiger partial charge on any atom is -0.373 e. The molecule has 12 nitrogen and oxygen atoms in total. The Bertz CT molecular complexity index is 1750. The lowest BCUT2D eigenvalue weighted by Crippen LogP contribution is -2.52. The topological polar surface area (TPSA) is 154 Å². The number of Topliss-reactive ketones (excluding diaryl/α,β-unsaturated/α-hetero) is 1. The second-order valence-electron chi connectivity index (χ2n) is 19.6. The zero-order chi connectivity index (χ0) is 43.6. The van der Waals surface area contributed by atoms with E-state index in [4.69, 9.17) is 42.6 Å². The molecule has 0 aromatic carbocycles. The quantitative estimate of drug-likeness (QED) is 0.140. The summed E-state index contributed by atoms with van der Waals surface area (Å²) < 4.78 is 51.4. The van der Waals surface area contributed by atoms with Crippen LogP contribution in [0.3, 0.4) is 0 Å². The molecule has 2 unspecified atom stereocenters. The second-order valence-corrected chi connectivity index (χ2v) is 19.6. The third-order valence-electron chi connectivity index (χ3n) is 14.5. The van der Waals surface area contributed by atoms with Gasteiger partial charge in [-0.15, -0.1) is 0 Å². The molecule has 15 atom stereocenters. The Kier molecular flexibility index (Phi) is 14.9.